The van der Waals surface area contributed by atoms with Crippen molar-refractivity contribution in [2.75, 3.05) is 27.2 Å². The van der Waals surface area contributed by atoms with Crippen molar-refractivity contribution in [2.24, 2.45) is 10.9 Å². The third-order valence-corrected chi connectivity index (χ3v) is 5.00. The smallest absolute Gasteiger partial charge is 0.223 e. The molecule has 2 rings (SSSR count). The number of amidine groups is 1. The molecule has 0 aromatic heterocycles. The van der Waals surface area contributed by atoms with Crippen molar-refractivity contribution < 1.29 is 14.7 Å². The van der Waals surface area contributed by atoms with Crippen LogP contribution < -0.4 is 11.1 Å². The SMILES string of the molecule is COC1(CC(=O)NC2(C(N)=NO)CCN(C)CC2)CCC1. The van der Waals surface area contributed by atoms with E-state index in [1.807, 2.05) is 7.05 Å². The van der Waals surface area contributed by atoms with Gasteiger partial charge in [-0.25, -0.2) is 0 Å². The highest BCUT2D eigenvalue weighted by atomic mass is 16.5. The molecule has 0 radical (unpaired) electrons. The molecule has 7 heteroatoms. The standard InChI is InChI=1S/C14H26N4O3/c1-18-8-6-14(7-9-18,12(15)17-20)16-11(19)10-13(21-2)4-3-5-13/h20H,3-10H2,1-2H3,(H2,15,17)(H,16,19). The number of nitrogens with zero attached hydrogens (tertiary/aromatic N) is 2. The number of oxime groups is 1. The molecule has 1 saturated heterocycles. The van der Waals surface area contributed by atoms with Crippen molar-refractivity contribution in [2.45, 2.75) is 49.7 Å². The van der Waals surface area contributed by atoms with Crippen LogP contribution in [0.3, 0.4) is 0 Å². The van der Waals surface area contributed by atoms with Gasteiger partial charge in [-0.2, -0.15) is 0 Å². The fourth-order valence-corrected chi connectivity index (χ4v) is 3.17. The molecule has 1 heterocycles. The minimum absolute atomic E-state index is 0.0871. The maximum absolute atomic E-state index is 12.4. The van der Waals surface area contributed by atoms with Crippen molar-refractivity contribution in [3.05, 3.63) is 0 Å². The molecule has 0 spiro atoms. The number of hydrogen-bond donors (Lipinski definition) is 3. The molecule has 1 aliphatic carbocycles. The number of methoxy groups -OCH3 is 1. The molecule has 0 unspecified atom stereocenters. The summed E-state index contributed by atoms with van der Waals surface area (Å²) < 4.78 is 5.49. The number of carbonyl (C=O) groups excluding carboxylic acids is 1. The molecule has 0 aromatic carbocycles. The number of nitrogens with two attached hydrogens (primary N) is 1. The van der Waals surface area contributed by atoms with Gasteiger partial charge in [0, 0.05) is 20.2 Å². The van der Waals surface area contributed by atoms with E-state index in [1.54, 1.807) is 7.11 Å². The van der Waals surface area contributed by atoms with Crippen molar-refractivity contribution in [1.29, 1.82) is 0 Å². The molecule has 4 N–H and O–H groups in total. The Kier molecular flexibility index (Phi) is 4.73. The Morgan fingerprint density at radius 2 is 2.00 bits per heavy atom. The lowest BCUT2D eigenvalue weighted by atomic mass is 9.77. The Morgan fingerprint density at radius 1 is 1.38 bits per heavy atom. The number of hydrogen-bond acceptors (Lipinski definition) is 5. The zero-order valence-corrected chi connectivity index (χ0v) is 12.9. The second kappa shape index (κ2) is 6.19. The van der Waals surface area contributed by atoms with Crippen LogP contribution in [0, 0.1) is 0 Å². The molecule has 7 nitrogen and oxygen atoms in total. The highest BCUT2D eigenvalue weighted by Gasteiger charge is 2.43. The van der Waals surface area contributed by atoms with Crippen molar-refractivity contribution in [3.8, 4) is 0 Å². The van der Waals surface area contributed by atoms with E-state index in [4.69, 9.17) is 15.7 Å². The number of amides is 1. The van der Waals surface area contributed by atoms with Crippen LogP contribution >= 0.6 is 0 Å². The molecule has 0 aromatic rings. The second-order valence-corrected chi connectivity index (χ2v) is 6.34. The Labute approximate surface area is 125 Å². The van der Waals surface area contributed by atoms with Crippen molar-refractivity contribution >= 4 is 11.7 Å². The van der Waals surface area contributed by atoms with Gasteiger partial charge in [-0.15, -0.1) is 0 Å². The van der Waals surface area contributed by atoms with Gasteiger partial charge >= 0.3 is 0 Å². The van der Waals surface area contributed by atoms with E-state index in [2.05, 4.69) is 15.4 Å². The van der Waals surface area contributed by atoms with Crippen LogP contribution in [0.2, 0.25) is 0 Å². The number of carbonyl (C=O) groups is 1. The number of rotatable bonds is 5. The molecule has 0 bridgehead atoms. The molecule has 0 atom stereocenters. The molecular formula is C14H26N4O3. The van der Waals surface area contributed by atoms with Gasteiger partial charge in [0.1, 0.15) is 5.54 Å². The third kappa shape index (κ3) is 3.29. The van der Waals surface area contributed by atoms with E-state index in [0.717, 1.165) is 32.4 Å². The van der Waals surface area contributed by atoms with Crippen LogP contribution in [0.5, 0.6) is 0 Å². The van der Waals surface area contributed by atoms with E-state index in [0.29, 0.717) is 19.3 Å². The Balaban J connectivity index is 2.03. The first-order valence-electron chi connectivity index (χ1n) is 7.48. The lowest BCUT2D eigenvalue weighted by Gasteiger charge is -2.43. The Morgan fingerprint density at radius 3 is 2.43 bits per heavy atom. The number of nitrogens with one attached hydrogen (secondary N) is 1. The largest absolute Gasteiger partial charge is 0.409 e. The highest BCUT2D eigenvalue weighted by molar-refractivity contribution is 5.94. The van der Waals surface area contributed by atoms with Crippen LogP contribution in [0.1, 0.15) is 38.5 Å². The molecule has 1 aliphatic heterocycles. The average Bonchev–Trinajstić information content (AvgIpc) is 2.44. The highest BCUT2D eigenvalue weighted by Crippen LogP contribution is 2.38. The van der Waals surface area contributed by atoms with Gasteiger partial charge in [-0.3, -0.25) is 4.79 Å². The summed E-state index contributed by atoms with van der Waals surface area (Å²) in [6.45, 7) is 1.60. The molecule has 2 aliphatic rings. The van der Waals surface area contributed by atoms with Crippen molar-refractivity contribution in [3.63, 3.8) is 0 Å². The summed E-state index contributed by atoms with van der Waals surface area (Å²) in [6.07, 6.45) is 4.54. The van der Waals surface area contributed by atoms with E-state index < -0.39 is 5.54 Å². The van der Waals surface area contributed by atoms with E-state index in [-0.39, 0.29) is 17.3 Å². The fourth-order valence-electron chi connectivity index (χ4n) is 3.17. The average molecular weight is 298 g/mol. The number of ether oxygens (including phenoxy) is 1. The maximum atomic E-state index is 12.4. The van der Waals surface area contributed by atoms with Gasteiger partial charge in [-0.1, -0.05) is 5.16 Å². The predicted octanol–water partition coefficient (Wildman–Crippen LogP) is 0.273. The van der Waals surface area contributed by atoms with Gasteiger partial charge < -0.3 is 25.9 Å². The molecule has 2 fully saturated rings. The quantitative estimate of drug-likeness (QED) is 0.293. The van der Waals surface area contributed by atoms with Gasteiger partial charge in [0.15, 0.2) is 5.84 Å². The first kappa shape index (κ1) is 16.0. The summed E-state index contributed by atoms with van der Waals surface area (Å²) in [5.74, 6) is -0.00303. The van der Waals surface area contributed by atoms with Gasteiger partial charge in [-0.05, 0) is 39.2 Å². The summed E-state index contributed by atoms with van der Waals surface area (Å²) >= 11 is 0. The van der Waals surface area contributed by atoms with Crippen LogP contribution in [0.4, 0.5) is 0 Å². The number of piperidine rings is 1. The van der Waals surface area contributed by atoms with Crippen LogP contribution in [0.15, 0.2) is 5.16 Å². The van der Waals surface area contributed by atoms with Gasteiger partial charge in [0.05, 0.1) is 12.0 Å². The molecule has 21 heavy (non-hydrogen) atoms. The maximum Gasteiger partial charge on any atom is 0.223 e. The van der Waals surface area contributed by atoms with Gasteiger partial charge in [0.2, 0.25) is 5.91 Å². The van der Waals surface area contributed by atoms with Gasteiger partial charge in [0.25, 0.3) is 0 Å². The second-order valence-electron chi connectivity index (χ2n) is 6.34. The van der Waals surface area contributed by atoms with Crippen molar-refractivity contribution in [1.82, 2.24) is 10.2 Å². The molecule has 1 amide bonds. The fraction of sp³-hybridized carbons (Fsp3) is 0.857. The van der Waals surface area contributed by atoms with Crippen LogP contribution in [-0.4, -0.2) is 60.2 Å². The Bertz CT molecular complexity index is 407. The summed E-state index contributed by atoms with van der Waals surface area (Å²) in [7, 11) is 3.67. The normalized spacial score (nSPS) is 25.1. The van der Waals surface area contributed by atoms with E-state index in [9.17, 15) is 4.79 Å². The zero-order valence-electron chi connectivity index (χ0n) is 12.9. The number of likely N-dealkylation sites (tertiary alicyclic amines) is 1. The monoisotopic (exact) mass is 298 g/mol. The minimum Gasteiger partial charge on any atom is -0.409 e. The van der Waals surface area contributed by atoms with Crippen LogP contribution in [-0.2, 0) is 9.53 Å². The van der Waals surface area contributed by atoms with E-state index in [1.165, 1.54) is 0 Å². The first-order chi connectivity index (χ1) is 9.95. The zero-order chi connectivity index (χ0) is 15.5. The molecule has 1 saturated carbocycles. The summed E-state index contributed by atoms with van der Waals surface area (Å²) in [5.41, 5.74) is 4.80. The summed E-state index contributed by atoms with van der Waals surface area (Å²) in [4.78, 5) is 14.6. The molecular weight excluding hydrogens is 272 g/mol. The topological polar surface area (TPSA) is 100 Å². The summed E-state index contributed by atoms with van der Waals surface area (Å²) in [5, 5.41) is 15.2. The third-order valence-electron chi connectivity index (χ3n) is 5.00. The minimum atomic E-state index is -0.739. The summed E-state index contributed by atoms with van der Waals surface area (Å²) in [6, 6.07) is 0. The van der Waals surface area contributed by atoms with Crippen LogP contribution in [0.25, 0.3) is 0 Å². The Hall–Kier alpha value is -1.34. The lowest BCUT2D eigenvalue weighted by Crippen LogP contribution is -2.62. The lowest BCUT2D eigenvalue weighted by molar-refractivity contribution is -0.135. The predicted molar refractivity (Wildman–Crippen MR) is 79.2 cm³/mol. The van der Waals surface area contributed by atoms with E-state index >= 15 is 0 Å². The molecule has 120 valence electrons. The first-order valence-corrected chi connectivity index (χ1v) is 7.48.